The zero-order valence-corrected chi connectivity index (χ0v) is 12.5. The van der Waals surface area contributed by atoms with Crippen LogP contribution in [0, 0.1) is 0 Å². The number of sulfonamides is 1. The fourth-order valence-corrected chi connectivity index (χ4v) is 3.35. The summed E-state index contributed by atoms with van der Waals surface area (Å²) in [5.74, 6) is 0.843. The fourth-order valence-electron chi connectivity index (χ4n) is 2.13. The molecule has 0 unspecified atom stereocenters. The summed E-state index contributed by atoms with van der Waals surface area (Å²) in [6.45, 7) is 4.47. The van der Waals surface area contributed by atoms with Gasteiger partial charge in [-0.2, -0.15) is 0 Å². The van der Waals surface area contributed by atoms with Crippen molar-refractivity contribution in [2.45, 2.75) is 30.8 Å². The Labute approximate surface area is 118 Å². The standard InChI is InChI=1S/C11H19N5O3S/c1-7(2)10-13-9(6-15(10)3)20(18,19)14-8-4-16(5-8)11(12)17/h6-8,14H,4-5H2,1-3H3,(H2,12,17). The molecule has 0 aromatic carbocycles. The highest BCUT2D eigenvalue weighted by Crippen LogP contribution is 2.17. The van der Waals surface area contributed by atoms with Crippen molar-refractivity contribution in [1.29, 1.82) is 0 Å². The number of aryl methyl sites for hydroxylation is 1. The van der Waals surface area contributed by atoms with Gasteiger partial charge in [0.1, 0.15) is 5.82 Å². The number of rotatable bonds is 4. The predicted octanol–water partition coefficient (Wildman–Crippen LogP) is -0.415. The zero-order chi connectivity index (χ0) is 15.1. The number of carbonyl (C=O) groups is 1. The molecule has 0 radical (unpaired) electrons. The molecule has 1 saturated heterocycles. The van der Waals surface area contributed by atoms with Crippen molar-refractivity contribution in [1.82, 2.24) is 19.2 Å². The Balaban J connectivity index is 2.08. The van der Waals surface area contributed by atoms with E-state index in [0.717, 1.165) is 0 Å². The Kier molecular flexibility index (Phi) is 3.74. The summed E-state index contributed by atoms with van der Waals surface area (Å²) in [5, 5.41) is 0.00113. The minimum atomic E-state index is -3.67. The lowest BCUT2D eigenvalue weighted by molar-refractivity contribution is 0.155. The first-order chi connectivity index (χ1) is 9.20. The Morgan fingerprint density at radius 3 is 2.55 bits per heavy atom. The zero-order valence-electron chi connectivity index (χ0n) is 11.7. The molecule has 0 saturated carbocycles. The van der Waals surface area contributed by atoms with Gasteiger partial charge in [0.25, 0.3) is 10.0 Å². The minimum absolute atomic E-state index is 0.00113. The number of primary amides is 1. The molecule has 1 aromatic rings. The van der Waals surface area contributed by atoms with Gasteiger partial charge < -0.3 is 15.2 Å². The molecule has 0 spiro atoms. The van der Waals surface area contributed by atoms with E-state index in [1.165, 1.54) is 11.1 Å². The van der Waals surface area contributed by atoms with Gasteiger partial charge in [-0.1, -0.05) is 13.8 Å². The Bertz CT molecular complexity index is 616. The van der Waals surface area contributed by atoms with E-state index in [2.05, 4.69) is 9.71 Å². The minimum Gasteiger partial charge on any atom is -0.351 e. The van der Waals surface area contributed by atoms with Crippen molar-refractivity contribution in [2.75, 3.05) is 13.1 Å². The van der Waals surface area contributed by atoms with Crippen molar-refractivity contribution in [2.24, 2.45) is 12.8 Å². The molecule has 1 aromatic heterocycles. The van der Waals surface area contributed by atoms with Crippen LogP contribution in [0.15, 0.2) is 11.2 Å². The Morgan fingerprint density at radius 2 is 2.10 bits per heavy atom. The van der Waals surface area contributed by atoms with Crippen LogP contribution in [0.4, 0.5) is 4.79 Å². The van der Waals surface area contributed by atoms with Crippen molar-refractivity contribution >= 4 is 16.1 Å². The number of nitrogens with one attached hydrogen (secondary N) is 1. The number of carbonyl (C=O) groups excluding carboxylic acids is 1. The number of nitrogens with two attached hydrogens (primary N) is 1. The van der Waals surface area contributed by atoms with Crippen molar-refractivity contribution in [3.8, 4) is 0 Å². The van der Waals surface area contributed by atoms with Crippen LogP contribution in [0.25, 0.3) is 0 Å². The monoisotopic (exact) mass is 301 g/mol. The first-order valence-corrected chi connectivity index (χ1v) is 7.79. The fraction of sp³-hybridized carbons (Fsp3) is 0.636. The second-order valence-electron chi connectivity index (χ2n) is 5.26. The number of amides is 2. The van der Waals surface area contributed by atoms with Crippen LogP contribution < -0.4 is 10.5 Å². The molecule has 3 N–H and O–H groups in total. The Hall–Kier alpha value is -1.61. The number of hydrogen-bond acceptors (Lipinski definition) is 4. The quantitative estimate of drug-likeness (QED) is 0.787. The van der Waals surface area contributed by atoms with Gasteiger partial charge in [-0.25, -0.2) is 22.9 Å². The molecule has 2 heterocycles. The molecule has 2 amide bonds. The summed E-state index contributed by atoms with van der Waals surface area (Å²) >= 11 is 0. The highest BCUT2D eigenvalue weighted by atomic mass is 32.2. The number of hydrogen-bond donors (Lipinski definition) is 2. The van der Waals surface area contributed by atoms with Crippen molar-refractivity contribution in [3.05, 3.63) is 12.0 Å². The number of aromatic nitrogens is 2. The van der Waals surface area contributed by atoms with Gasteiger partial charge in [0.2, 0.25) is 0 Å². The molecule has 20 heavy (non-hydrogen) atoms. The van der Waals surface area contributed by atoms with E-state index in [1.54, 1.807) is 11.6 Å². The molecule has 9 heteroatoms. The molecular weight excluding hydrogens is 282 g/mol. The van der Waals surface area contributed by atoms with E-state index in [0.29, 0.717) is 18.9 Å². The van der Waals surface area contributed by atoms with E-state index in [4.69, 9.17) is 5.73 Å². The van der Waals surface area contributed by atoms with Crippen LogP contribution >= 0.6 is 0 Å². The third kappa shape index (κ3) is 2.78. The molecule has 0 atom stereocenters. The molecule has 1 aliphatic rings. The molecule has 2 rings (SSSR count). The third-order valence-electron chi connectivity index (χ3n) is 3.20. The first-order valence-electron chi connectivity index (χ1n) is 6.30. The molecule has 112 valence electrons. The summed E-state index contributed by atoms with van der Waals surface area (Å²) in [6.07, 6.45) is 1.49. The summed E-state index contributed by atoms with van der Waals surface area (Å²) in [5.41, 5.74) is 5.09. The highest BCUT2D eigenvalue weighted by molar-refractivity contribution is 7.89. The van der Waals surface area contributed by atoms with Gasteiger partial charge in [0.15, 0.2) is 5.03 Å². The van der Waals surface area contributed by atoms with Gasteiger partial charge >= 0.3 is 6.03 Å². The summed E-state index contributed by atoms with van der Waals surface area (Å²) in [7, 11) is -1.90. The summed E-state index contributed by atoms with van der Waals surface area (Å²) in [6, 6.07) is -0.850. The molecule has 0 aliphatic carbocycles. The van der Waals surface area contributed by atoms with E-state index in [9.17, 15) is 13.2 Å². The lowest BCUT2D eigenvalue weighted by Crippen LogP contribution is -2.62. The van der Waals surface area contributed by atoms with Crippen molar-refractivity contribution in [3.63, 3.8) is 0 Å². The lowest BCUT2D eigenvalue weighted by atomic mass is 10.1. The molecular formula is C11H19N5O3S. The maximum absolute atomic E-state index is 12.2. The predicted molar refractivity (Wildman–Crippen MR) is 72.6 cm³/mol. The maximum Gasteiger partial charge on any atom is 0.314 e. The van der Waals surface area contributed by atoms with Gasteiger partial charge in [0, 0.05) is 32.3 Å². The second kappa shape index (κ2) is 5.06. The number of imidazole rings is 1. The number of likely N-dealkylation sites (tertiary alicyclic amines) is 1. The van der Waals surface area contributed by atoms with Gasteiger partial charge in [-0.05, 0) is 0 Å². The molecule has 0 bridgehead atoms. The maximum atomic E-state index is 12.2. The smallest absolute Gasteiger partial charge is 0.314 e. The Morgan fingerprint density at radius 1 is 1.50 bits per heavy atom. The van der Waals surface area contributed by atoms with Crippen LogP contribution in [-0.2, 0) is 17.1 Å². The average Bonchev–Trinajstić information content (AvgIpc) is 2.65. The molecule has 8 nitrogen and oxygen atoms in total. The van der Waals surface area contributed by atoms with Crippen LogP contribution in [0.3, 0.4) is 0 Å². The highest BCUT2D eigenvalue weighted by Gasteiger charge is 2.33. The van der Waals surface area contributed by atoms with Crippen LogP contribution in [-0.4, -0.2) is 48.0 Å². The summed E-state index contributed by atoms with van der Waals surface area (Å²) < 4.78 is 28.6. The molecule has 1 aliphatic heterocycles. The largest absolute Gasteiger partial charge is 0.351 e. The topological polar surface area (TPSA) is 110 Å². The average molecular weight is 301 g/mol. The number of urea groups is 1. The van der Waals surface area contributed by atoms with Gasteiger partial charge in [-0.3, -0.25) is 0 Å². The number of nitrogens with zero attached hydrogens (tertiary/aromatic N) is 3. The van der Waals surface area contributed by atoms with Crippen LogP contribution in [0.2, 0.25) is 0 Å². The normalized spacial score (nSPS) is 16.5. The van der Waals surface area contributed by atoms with E-state index >= 15 is 0 Å². The first kappa shape index (κ1) is 14.8. The van der Waals surface area contributed by atoms with Crippen LogP contribution in [0.5, 0.6) is 0 Å². The van der Waals surface area contributed by atoms with E-state index in [-0.39, 0.29) is 17.0 Å². The van der Waals surface area contributed by atoms with E-state index < -0.39 is 16.1 Å². The SMILES string of the molecule is CC(C)c1nc(S(=O)(=O)NC2CN(C(N)=O)C2)cn1C. The summed E-state index contributed by atoms with van der Waals surface area (Å²) in [4.78, 5) is 16.4. The molecule has 1 fully saturated rings. The van der Waals surface area contributed by atoms with E-state index in [1.807, 2.05) is 13.8 Å². The van der Waals surface area contributed by atoms with Gasteiger partial charge in [0.05, 0.1) is 6.04 Å². The second-order valence-corrected chi connectivity index (χ2v) is 6.93. The third-order valence-corrected chi connectivity index (χ3v) is 4.59. The lowest BCUT2D eigenvalue weighted by Gasteiger charge is -2.37. The van der Waals surface area contributed by atoms with Crippen molar-refractivity contribution < 1.29 is 13.2 Å². The van der Waals surface area contributed by atoms with Gasteiger partial charge in [-0.15, -0.1) is 0 Å². The van der Waals surface area contributed by atoms with Crippen LogP contribution in [0.1, 0.15) is 25.6 Å².